The lowest BCUT2D eigenvalue weighted by Gasteiger charge is -2.07. The van der Waals surface area contributed by atoms with E-state index in [0.29, 0.717) is 16.9 Å². The Labute approximate surface area is 124 Å². The molecule has 3 rings (SSSR count). The Kier molecular flexibility index (Phi) is 3.36. The third-order valence-electron chi connectivity index (χ3n) is 3.31. The van der Waals surface area contributed by atoms with Crippen LogP contribution in [0, 0.1) is 0 Å². The van der Waals surface area contributed by atoms with Gasteiger partial charge in [-0.3, -0.25) is 4.79 Å². The summed E-state index contributed by atoms with van der Waals surface area (Å²) in [6.45, 7) is 0. The number of anilines is 2. The lowest BCUT2D eigenvalue weighted by molar-refractivity contribution is -0.137. The molecule has 2 aromatic carbocycles. The Morgan fingerprint density at radius 2 is 1.68 bits per heavy atom. The van der Waals surface area contributed by atoms with Gasteiger partial charge in [0.05, 0.1) is 11.1 Å². The monoisotopic (exact) mass is 304 g/mol. The van der Waals surface area contributed by atoms with Crippen molar-refractivity contribution in [3.8, 4) is 0 Å². The maximum absolute atomic E-state index is 12.5. The summed E-state index contributed by atoms with van der Waals surface area (Å²) in [6.07, 6.45) is -2.87. The number of para-hydroxylation sites is 1. The number of benzene rings is 2. The number of carbonyl (C=O) groups excluding carboxylic acids is 1. The van der Waals surface area contributed by atoms with Crippen molar-refractivity contribution in [3.63, 3.8) is 0 Å². The van der Waals surface area contributed by atoms with Gasteiger partial charge >= 0.3 is 6.18 Å². The number of nitrogens with one attached hydrogen (secondary N) is 2. The minimum atomic E-state index is -4.36. The second kappa shape index (κ2) is 5.22. The summed E-state index contributed by atoms with van der Waals surface area (Å²) >= 11 is 0. The highest BCUT2D eigenvalue weighted by molar-refractivity contribution is 6.31. The van der Waals surface area contributed by atoms with E-state index in [1.54, 1.807) is 12.1 Å². The molecule has 1 aliphatic rings. The van der Waals surface area contributed by atoms with Crippen molar-refractivity contribution in [2.24, 2.45) is 0 Å². The van der Waals surface area contributed by atoms with E-state index in [2.05, 4.69) is 10.6 Å². The first-order valence-electron chi connectivity index (χ1n) is 6.50. The summed E-state index contributed by atoms with van der Waals surface area (Å²) in [5, 5.41) is 5.56. The molecule has 0 spiro atoms. The summed E-state index contributed by atoms with van der Waals surface area (Å²) in [5.74, 6) is -0.249. The second-order valence-electron chi connectivity index (χ2n) is 4.78. The van der Waals surface area contributed by atoms with E-state index in [1.165, 1.54) is 18.3 Å². The van der Waals surface area contributed by atoms with Gasteiger partial charge in [-0.05, 0) is 30.3 Å². The lowest BCUT2D eigenvalue weighted by atomic mass is 10.1. The molecule has 0 aromatic heterocycles. The topological polar surface area (TPSA) is 41.1 Å². The Hall–Kier alpha value is -2.76. The highest BCUT2D eigenvalue weighted by Gasteiger charge is 2.30. The number of hydrogen-bond acceptors (Lipinski definition) is 2. The molecule has 2 N–H and O–H groups in total. The zero-order valence-electron chi connectivity index (χ0n) is 11.2. The molecule has 0 atom stereocenters. The van der Waals surface area contributed by atoms with Crippen LogP contribution in [-0.2, 0) is 11.0 Å². The molecule has 22 heavy (non-hydrogen) atoms. The van der Waals surface area contributed by atoms with Gasteiger partial charge in [-0.1, -0.05) is 18.2 Å². The number of halogens is 3. The standard InChI is InChI=1S/C16H11F3N2O/c17-16(18,19)10-5-7-11(8-6-10)20-9-13-12-3-1-2-4-14(12)21-15(13)22/h1-9,20H,(H,21,22). The van der Waals surface area contributed by atoms with Crippen LogP contribution in [0.1, 0.15) is 11.1 Å². The average molecular weight is 304 g/mol. The quantitative estimate of drug-likeness (QED) is 0.820. The van der Waals surface area contributed by atoms with Crippen molar-refractivity contribution in [3.05, 3.63) is 65.9 Å². The molecule has 0 unspecified atom stereocenters. The number of amides is 1. The second-order valence-corrected chi connectivity index (χ2v) is 4.78. The minimum Gasteiger partial charge on any atom is -0.361 e. The highest BCUT2D eigenvalue weighted by Crippen LogP contribution is 2.32. The van der Waals surface area contributed by atoms with E-state index in [-0.39, 0.29) is 5.91 Å². The molecule has 1 amide bonds. The van der Waals surface area contributed by atoms with E-state index < -0.39 is 11.7 Å². The first-order valence-corrected chi connectivity index (χ1v) is 6.50. The van der Waals surface area contributed by atoms with Gasteiger partial charge in [-0.25, -0.2) is 0 Å². The van der Waals surface area contributed by atoms with Gasteiger partial charge in [0.25, 0.3) is 5.91 Å². The lowest BCUT2D eigenvalue weighted by Crippen LogP contribution is -2.06. The summed E-state index contributed by atoms with van der Waals surface area (Å²) in [6, 6.07) is 11.8. The fourth-order valence-corrected chi connectivity index (χ4v) is 2.19. The normalized spacial score (nSPS) is 15.6. The van der Waals surface area contributed by atoms with Crippen molar-refractivity contribution in [2.45, 2.75) is 6.18 Å². The van der Waals surface area contributed by atoms with E-state index in [4.69, 9.17) is 0 Å². The molecule has 0 aliphatic carbocycles. The van der Waals surface area contributed by atoms with Gasteiger partial charge < -0.3 is 10.6 Å². The summed E-state index contributed by atoms with van der Waals surface area (Å²) in [4.78, 5) is 11.9. The number of carbonyl (C=O) groups is 1. The minimum absolute atomic E-state index is 0.249. The van der Waals surface area contributed by atoms with Crippen molar-refractivity contribution in [2.75, 3.05) is 10.6 Å². The predicted molar refractivity (Wildman–Crippen MR) is 78.1 cm³/mol. The predicted octanol–water partition coefficient (Wildman–Crippen LogP) is 4.11. The molecular weight excluding hydrogens is 293 g/mol. The summed E-state index contributed by atoms with van der Waals surface area (Å²) < 4.78 is 37.4. The van der Waals surface area contributed by atoms with Gasteiger partial charge in [-0.2, -0.15) is 13.2 Å². The average Bonchev–Trinajstić information content (AvgIpc) is 2.80. The third kappa shape index (κ3) is 2.67. The van der Waals surface area contributed by atoms with Crippen molar-refractivity contribution in [1.29, 1.82) is 0 Å². The van der Waals surface area contributed by atoms with Gasteiger partial charge in [0.1, 0.15) is 0 Å². The van der Waals surface area contributed by atoms with Crippen LogP contribution in [0.5, 0.6) is 0 Å². The molecule has 2 aromatic rings. The zero-order chi connectivity index (χ0) is 15.7. The zero-order valence-corrected chi connectivity index (χ0v) is 11.2. The van der Waals surface area contributed by atoms with Gasteiger partial charge in [-0.15, -0.1) is 0 Å². The van der Waals surface area contributed by atoms with Crippen molar-refractivity contribution >= 4 is 22.9 Å². The molecule has 0 fully saturated rings. The molecule has 1 aliphatic heterocycles. The van der Waals surface area contributed by atoms with Crippen LogP contribution in [0.4, 0.5) is 24.5 Å². The molecular formula is C16H11F3N2O. The molecule has 1 heterocycles. The molecule has 0 bridgehead atoms. The van der Waals surface area contributed by atoms with Crippen LogP contribution in [0.15, 0.2) is 54.7 Å². The fraction of sp³-hybridized carbons (Fsp3) is 0.0625. The van der Waals surface area contributed by atoms with Crippen LogP contribution < -0.4 is 10.6 Å². The van der Waals surface area contributed by atoms with E-state index >= 15 is 0 Å². The van der Waals surface area contributed by atoms with Crippen LogP contribution in [0.25, 0.3) is 5.57 Å². The maximum Gasteiger partial charge on any atom is 0.416 e. The first kappa shape index (κ1) is 14.2. The Balaban J connectivity index is 1.81. The molecule has 3 nitrogen and oxygen atoms in total. The number of fused-ring (bicyclic) bond motifs is 1. The molecule has 0 saturated carbocycles. The van der Waals surface area contributed by atoms with Crippen LogP contribution in [0.3, 0.4) is 0 Å². The Bertz CT molecular complexity index is 749. The highest BCUT2D eigenvalue weighted by atomic mass is 19.4. The fourth-order valence-electron chi connectivity index (χ4n) is 2.19. The van der Waals surface area contributed by atoms with E-state index in [0.717, 1.165) is 17.7 Å². The summed E-state index contributed by atoms with van der Waals surface area (Å²) in [7, 11) is 0. The van der Waals surface area contributed by atoms with Crippen LogP contribution in [0.2, 0.25) is 0 Å². The number of rotatable bonds is 2. The van der Waals surface area contributed by atoms with Crippen LogP contribution in [-0.4, -0.2) is 5.91 Å². The molecule has 112 valence electrons. The maximum atomic E-state index is 12.5. The Morgan fingerprint density at radius 1 is 1.00 bits per heavy atom. The van der Waals surface area contributed by atoms with E-state index in [9.17, 15) is 18.0 Å². The molecule has 0 saturated heterocycles. The molecule has 0 radical (unpaired) electrons. The Morgan fingerprint density at radius 3 is 2.36 bits per heavy atom. The van der Waals surface area contributed by atoms with Gasteiger partial charge in [0.15, 0.2) is 0 Å². The van der Waals surface area contributed by atoms with Crippen molar-refractivity contribution < 1.29 is 18.0 Å². The number of alkyl halides is 3. The van der Waals surface area contributed by atoms with E-state index in [1.807, 2.05) is 12.1 Å². The smallest absolute Gasteiger partial charge is 0.361 e. The third-order valence-corrected chi connectivity index (χ3v) is 3.31. The van der Waals surface area contributed by atoms with Crippen molar-refractivity contribution in [1.82, 2.24) is 0 Å². The van der Waals surface area contributed by atoms with Gasteiger partial charge in [0.2, 0.25) is 0 Å². The summed E-state index contributed by atoms with van der Waals surface area (Å²) in [5.41, 5.74) is 1.67. The van der Waals surface area contributed by atoms with Gasteiger partial charge in [0, 0.05) is 23.1 Å². The largest absolute Gasteiger partial charge is 0.416 e. The van der Waals surface area contributed by atoms with Crippen LogP contribution >= 0.6 is 0 Å². The first-order chi connectivity index (χ1) is 10.4. The molecule has 6 heteroatoms. The SMILES string of the molecule is O=C1Nc2ccccc2C1=CNc1ccc(C(F)(F)F)cc1. The number of hydrogen-bond donors (Lipinski definition) is 2.